The Hall–Kier alpha value is -3.46. The van der Waals surface area contributed by atoms with Crippen LogP contribution in [0.2, 0.25) is 0 Å². The van der Waals surface area contributed by atoms with Gasteiger partial charge in [0.1, 0.15) is 20.1 Å². The number of nitrogens with one attached hydrogen (secondary N) is 2. The Kier molecular flexibility index (Phi) is 8.66. The number of para-hydroxylation sites is 4. The number of hydrogen-bond donors (Lipinski definition) is 4. The van der Waals surface area contributed by atoms with Crippen molar-refractivity contribution in [3.05, 3.63) is 58.3 Å². The van der Waals surface area contributed by atoms with Gasteiger partial charge in [-0.15, -0.1) is 0 Å². The lowest BCUT2D eigenvalue weighted by Gasteiger charge is -2.15. The lowest BCUT2D eigenvalue weighted by atomic mass is 10.2. The van der Waals surface area contributed by atoms with Crippen LogP contribution in [0.15, 0.2) is 58.3 Å². The van der Waals surface area contributed by atoms with Crippen LogP contribution >= 0.6 is 48.0 Å². The third kappa shape index (κ3) is 6.15. The van der Waals surface area contributed by atoms with Gasteiger partial charge in [-0.1, -0.05) is 72.2 Å². The summed E-state index contributed by atoms with van der Waals surface area (Å²) in [6.45, 7) is -0.0270. The Morgan fingerprint density at radius 3 is 1.45 bits per heavy atom. The summed E-state index contributed by atoms with van der Waals surface area (Å²) in [7, 11) is 0. The maximum atomic E-state index is 13.1. The Balaban J connectivity index is 1.35. The summed E-state index contributed by atoms with van der Waals surface area (Å²) in [6.07, 6.45) is -0.164. The van der Waals surface area contributed by atoms with Crippen LogP contribution in [0.5, 0.6) is 11.5 Å². The molecule has 4 N–H and O–H groups in total. The van der Waals surface area contributed by atoms with Crippen molar-refractivity contribution in [2.45, 2.75) is 12.8 Å². The summed E-state index contributed by atoms with van der Waals surface area (Å²) in [5.41, 5.74) is 0.502. The first-order chi connectivity index (χ1) is 18.2. The molecule has 0 unspecified atom stereocenters. The van der Waals surface area contributed by atoms with Gasteiger partial charge < -0.3 is 20.8 Å². The van der Waals surface area contributed by atoms with Gasteiger partial charge in [0.25, 0.3) is 11.8 Å². The van der Waals surface area contributed by atoms with E-state index >= 15 is 0 Å². The van der Waals surface area contributed by atoms with Gasteiger partial charge in [0.2, 0.25) is 11.8 Å². The first-order valence-electron chi connectivity index (χ1n) is 11.1. The predicted octanol–water partition coefficient (Wildman–Crippen LogP) is 3.39. The number of benzene rings is 2. The highest BCUT2D eigenvalue weighted by Crippen LogP contribution is 2.42. The first-order valence-corrected chi connectivity index (χ1v) is 13.6. The van der Waals surface area contributed by atoms with Crippen LogP contribution < -0.4 is 10.6 Å². The Morgan fingerprint density at radius 2 is 1.08 bits per heavy atom. The highest BCUT2D eigenvalue weighted by molar-refractivity contribution is 8.29. The average Bonchev–Trinajstić information content (AvgIpc) is 3.32. The number of carbonyl (C=O) groups is 4. The van der Waals surface area contributed by atoms with Crippen molar-refractivity contribution in [3.63, 3.8) is 0 Å². The van der Waals surface area contributed by atoms with E-state index in [9.17, 15) is 29.4 Å². The van der Waals surface area contributed by atoms with E-state index in [1.54, 1.807) is 36.4 Å². The van der Waals surface area contributed by atoms with Crippen LogP contribution in [0, 0.1) is 0 Å². The standard InChI is InChI=1S/C24H20N4O6S4/c29-15-7-3-1-5-13(15)25-17(31)9-11-27-21(33)19(37-23(27)35)20-22(34)28(24(36)38-20)12-10-18(32)26-14-6-2-4-8-16(14)30/h1-8,29-30H,9-12H2,(H,25,31)(H,26,32). The molecule has 4 amide bonds. The minimum atomic E-state index is -0.506. The van der Waals surface area contributed by atoms with Gasteiger partial charge in [-0.05, 0) is 24.3 Å². The van der Waals surface area contributed by atoms with Crippen molar-refractivity contribution < 1.29 is 29.4 Å². The van der Waals surface area contributed by atoms with Crippen molar-refractivity contribution in [3.8, 4) is 11.5 Å². The van der Waals surface area contributed by atoms with E-state index in [4.69, 9.17) is 24.4 Å². The van der Waals surface area contributed by atoms with Gasteiger partial charge in [0.05, 0.1) is 21.2 Å². The molecule has 196 valence electrons. The van der Waals surface area contributed by atoms with E-state index in [0.717, 1.165) is 23.5 Å². The number of thiocarbonyl (C=S) groups is 2. The van der Waals surface area contributed by atoms with Crippen molar-refractivity contribution >= 4 is 91.6 Å². The number of amides is 4. The third-order valence-electron chi connectivity index (χ3n) is 5.39. The number of rotatable bonds is 8. The molecule has 38 heavy (non-hydrogen) atoms. The second-order valence-electron chi connectivity index (χ2n) is 7.94. The van der Waals surface area contributed by atoms with E-state index in [2.05, 4.69) is 10.6 Å². The summed E-state index contributed by atoms with van der Waals surface area (Å²) < 4.78 is 0.403. The summed E-state index contributed by atoms with van der Waals surface area (Å²) in [4.78, 5) is 53.5. The van der Waals surface area contributed by atoms with Crippen LogP contribution in [0.1, 0.15) is 12.8 Å². The van der Waals surface area contributed by atoms with Crippen LogP contribution in [0.3, 0.4) is 0 Å². The van der Waals surface area contributed by atoms with Crippen molar-refractivity contribution in [2.75, 3.05) is 23.7 Å². The maximum absolute atomic E-state index is 13.1. The van der Waals surface area contributed by atoms with E-state index < -0.39 is 23.6 Å². The minimum absolute atomic E-state index is 0.0135. The smallest absolute Gasteiger partial charge is 0.267 e. The lowest BCUT2D eigenvalue weighted by molar-refractivity contribution is -0.125. The summed E-state index contributed by atoms with van der Waals surface area (Å²) in [5, 5.41) is 24.8. The van der Waals surface area contributed by atoms with Gasteiger partial charge in [-0.2, -0.15) is 0 Å². The minimum Gasteiger partial charge on any atom is -0.506 e. The number of hydrogen-bond acceptors (Lipinski definition) is 10. The van der Waals surface area contributed by atoms with Crippen LogP contribution in [-0.2, 0) is 19.2 Å². The van der Waals surface area contributed by atoms with Crippen molar-refractivity contribution in [1.82, 2.24) is 9.80 Å². The van der Waals surface area contributed by atoms with Crippen molar-refractivity contribution in [2.24, 2.45) is 0 Å². The van der Waals surface area contributed by atoms with E-state index in [1.807, 2.05) is 0 Å². The number of carbonyl (C=O) groups excluding carboxylic acids is 4. The quantitative estimate of drug-likeness (QED) is 0.206. The Labute approximate surface area is 236 Å². The maximum Gasteiger partial charge on any atom is 0.267 e. The molecule has 14 heteroatoms. The zero-order valence-corrected chi connectivity index (χ0v) is 22.8. The molecule has 2 aromatic rings. The largest absolute Gasteiger partial charge is 0.506 e. The monoisotopic (exact) mass is 588 g/mol. The number of phenols is 2. The fourth-order valence-corrected chi connectivity index (χ4v) is 6.24. The zero-order chi connectivity index (χ0) is 27.4. The number of nitrogens with zero attached hydrogens (tertiary/aromatic N) is 2. The lowest BCUT2D eigenvalue weighted by Crippen LogP contribution is -2.33. The molecule has 0 spiro atoms. The predicted molar refractivity (Wildman–Crippen MR) is 154 cm³/mol. The summed E-state index contributed by atoms with van der Waals surface area (Å²) in [5.74, 6) is -2.02. The normalized spacial score (nSPS) is 17.4. The molecule has 2 fully saturated rings. The zero-order valence-electron chi connectivity index (χ0n) is 19.5. The fraction of sp³-hybridized carbons (Fsp3) is 0.167. The topological polar surface area (TPSA) is 139 Å². The van der Waals surface area contributed by atoms with Crippen LogP contribution in [0.4, 0.5) is 11.4 Å². The molecular formula is C24H20N4O6S4. The molecule has 2 aliphatic rings. The molecule has 4 rings (SSSR count). The van der Waals surface area contributed by atoms with Gasteiger partial charge in [-0.25, -0.2) is 0 Å². The number of aromatic hydroxyl groups is 2. The molecule has 10 nitrogen and oxygen atoms in total. The second kappa shape index (κ2) is 11.9. The van der Waals surface area contributed by atoms with Crippen LogP contribution in [-0.4, -0.2) is 65.4 Å². The summed E-state index contributed by atoms with van der Waals surface area (Å²) in [6, 6.07) is 12.5. The molecule has 0 radical (unpaired) electrons. The molecule has 0 aromatic heterocycles. The summed E-state index contributed by atoms with van der Waals surface area (Å²) >= 11 is 12.5. The number of thioether (sulfide) groups is 2. The molecule has 0 aliphatic carbocycles. The van der Waals surface area contributed by atoms with Crippen molar-refractivity contribution in [1.29, 1.82) is 0 Å². The Bertz CT molecular complexity index is 1290. The second-order valence-corrected chi connectivity index (χ2v) is 11.2. The number of anilines is 2. The van der Waals surface area contributed by atoms with E-state index in [-0.39, 0.29) is 67.3 Å². The molecule has 2 heterocycles. The van der Waals surface area contributed by atoms with Gasteiger partial charge in [-0.3, -0.25) is 29.0 Å². The molecule has 2 aliphatic heterocycles. The first kappa shape index (κ1) is 27.6. The van der Waals surface area contributed by atoms with E-state index in [0.29, 0.717) is 0 Å². The number of phenolic OH excluding ortho intramolecular Hbond substituents is 2. The molecule has 2 aromatic carbocycles. The van der Waals surface area contributed by atoms with Gasteiger partial charge in [0.15, 0.2) is 0 Å². The average molecular weight is 589 g/mol. The fourth-order valence-electron chi connectivity index (χ4n) is 3.47. The highest BCUT2D eigenvalue weighted by atomic mass is 32.2. The van der Waals surface area contributed by atoms with E-state index in [1.165, 1.54) is 21.9 Å². The Morgan fingerprint density at radius 1 is 0.711 bits per heavy atom. The highest BCUT2D eigenvalue weighted by Gasteiger charge is 2.42. The van der Waals surface area contributed by atoms with Gasteiger partial charge in [0, 0.05) is 25.9 Å². The molecule has 2 saturated heterocycles. The third-order valence-corrected chi connectivity index (χ3v) is 8.41. The van der Waals surface area contributed by atoms with Gasteiger partial charge >= 0.3 is 0 Å². The molecular weight excluding hydrogens is 569 g/mol. The molecule has 0 atom stereocenters. The molecule has 0 bridgehead atoms. The van der Waals surface area contributed by atoms with Crippen LogP contribution in [0.25, 0.3) is 0 Å². The molecule has 0 saturated carbocycles. The SMILES string of the molecule is O=C(CCN1C(=O)C(=C2SC(=S)N(CCC(=O)Nc3ccccc3O)C2=O)SC1=S)Nc1ccccc1O.